The van der Waals surface area contributed by atoms with E-state index < -0.39 is 0 Å². The van der Waals surface area contributed by atoms with Gasteiger partial charge in [0.15, 0.2) is 0 Å². The molecule has 0 bridgehead atoms. The summed E-state index contributed by atoms with van der Waals surface area (Å²) in [5.41, 5.74) is 6.16. The molecule has 0 aromatic heterocycles. The molecule has 3 rings (SSSR count). The molecule has 2 heterocycles. The Labute approximate surface area is 119 Å². The molecule has 2 aliphatic heterocycles. The molecule has 5 heteroatoms. The maximum Gasteiger partial charge on any atom is 0.233 e. The van der Waals surface area contributed by atoms with Gasteiger partial charge in [-0.3, -0.25) is 14.5 Å². The number of carbonyl (C=O) groups is 2. The number of rotatable bonds is 4. The molecule has 0 aromatic carbocycles. The first kappa shape index (κ1) is 14.0. The van der Waals surface area contributed by atoms with Gasteiger partial charge in [0.2, 0.25) is 11.8 Å². The molecule has 4 atom stereocenters. The van der Waals surface area contributed by atoms with Crippen LogP contribution >= 0.6 is 0 Å². The van der Waals surface area contributed by atoms with Gasteiger partial charge in [-0.1, -0.05) is 13.3 Å². The van der Waals surface area contributed by atoms with Gasteiger partial charge < -0.3 is 10.5 Å². The van der Waals surface area contributed by atoms with Crippen LogP contribution in [0.2, 0.25) is 0 Å². The highest BCUT2D eigenvalue weighted by molar-refractivity contribution is 6.05. The molecule has 112 valence electrons. The maximum absolute atomic E-state index is 12.4. The minimum absolute atomic E-state index is 0.0188. The second-order valence-corrected chi connectivity index (χ2v) is 6.53. The van der Waals surface area contributed by atoms with Gasteiger partial charge in [0.1, 0.15) is 0 Å². The van der Waals surface area contributed by atoms with E-state index in [0.29, 0.717) is 19.1 Å². The normalized spacial score (nSPS) is 38.6. The van der Waals surface area contributed by atoms with Crippen molar-refractivity contribution in [3.63, 3.8) is 0 Å². The van der Waals surface area contributed by atoms with Crippen molar-refractivity contribution in [2.24, 2.45) is 29.4 Å². The van der Waals surface area contributed by atoms with Crippen LogP contribution in [0, 0.1) is 23.7 Å². The highest BCUT2D eigenvalue weighted by atomic mass is 16.5. The third-order valence-corrected chi connectivity index (χ3v) is 5.37. The van der Waals surface area contributed by atoms with E-state index in [9.17, 15) is 9.59 Å². The fraction of sp³-hybridized carbons (Fsp3) is 0.867. The monoisotopic (exact) mass is 280 g/mol. The van der Waals surface area contributed by atoms with Gasteiger partial charge in [0.25, 0.3) is 0 Å². The first-order valence-corrected chi connectivity index (χ1v) is 7.80. The Bertz CT molecular complexity index is 382. The molecule has 5 nitrogen and oxygen atoms in total. The number of likely N-dealkylation sites (tertiary alicyclic amines) is 1. The lowest BCUT2D eigenvalue weighted by Crippen LogP contribution is -2.45. The van der Waals surface area contributed by atoms with Gasteiger partial charge in [-0.15, -0.1) is 0 Å². The number of nitrogens with zero attached hydrogens (tertiary/aromatic N) is 1. The van der Waals surface area contributed by atoms with Crippen LogP contribution in [-0.2, 0) is 14.3 Å². The highest BCUT2D eigenvalue weighted by Crippen LogP contribution is 2.44. The van der Waals surface area contributed by atoms with Crippen LogP contribution in [0.3, 0.4) is 0 Å². The summed E-state index contributed by atoms with van der Waals surface area (Å²) in [5.74, 6) is 0.714. The predicted molar refractivity (Wildman–Crippen MR) is 73.6 cm³/mol. The Morgan fingerprint density at radius 2 is 1.95 bits per heavy atom. The first-order chi connectivity index (χ1) is 9.61. The number of hydrogen-bond acceptors (Lipinski definition) is 4. The summed E-state index contributed by atoms with van der Waals surface area (Å²) in [6, 6.07) is -0.147. The second-order valence-electron chi connectivity index (χ2n) is 6.53. The molecule has 0 spiro atoms. The number of nitrogens with two attached hydrogens (primary N) is 1. The average molecular weight is 280 g/mol. The van der Waals surface area contributed by atoms with Crippen molar-refractivity contribution in [3.8, 4) is 0 Å². The predicted octanol–water partition coefficient (Wildman–Crippen LogP) is 0.771. The fourth-order valence-electron chi connectivity index (χ4n) is 3.96. The number of imide groups is 1. The first-order valence-electron chi connectivity index (χ1n) is 7.80. The van der Waals surface area contributed by atoms with E-state index in [4.69, 9.17) is 10.5 Å². The number of amides is 2. The van der Waals surface area contributed by atoms with E-state index in [0.717, 1.165) is 32.3 Å². The molecule has 0 radical (unpaired) electrons. The van der Waals surface area contributed by atoms with Crippen molar-refractivity contribution in [1.82, 2.24) is 4.90 Å². The molecule has 2 amide bonds. The van der Waals surface area contributed by atoms with Crippen LogP contribution in [0.1, 0.15) is 32.6 Å². The van der Waals surface area contributed by atoms with Gasteiger partial charge >= 0.3 is 0 Å². The number of hydrogen-bond donors (Lipinski definition) is 1. The lowest BCUT2D eigenvalue weighted by Gasteiger charge is -2.24. The summed E-state index contributed by atoms with van der Waals surface area (Å²) < 4.78 is 5.33. The van der Waals surface area contributed by atoms with E-state index in [1.807, 2.05) is 0 Å². The number of fused-ring (bicyclic) bond motifs is 1. The Kier molecular flexibility index (Phi) is 3.82. The lowest BCUT2D eigenvalue weighted by atomic mass is 9.99. The second kappa shape index (κ2) is 5.45. The molecule has 2 saturated heterocycles. The molecule has 0 aromatic rings. The van der Waals surface area contributed by atoms with Crippen LogP contribution in [0.25, 0.3) is 0 Å². The minimum atomic E-state index is -0.147. The zero-order valence-electron chi connectivity index (χ0n) is 12.1. The van der Waals surface area contributed by atoms with Crippen molar-refractivity contribution in [2.75, 3.05) is 19.8 Å². The molecule has 3 aliphatic rings. The van der Waals surface area contributed by atoms with Crippen LogP contribution in [-0.4, -0.2) is 42.5 Å². The molecule has 1 saturated carbocycles. The quantitative estimate of drug-likeness (QED) is 0.772. The molecule has 3 fully saturated rings. The topological polar surface area (TPSA) is 72.6 Å². The Balaban J connectivity index is 1.64. The van der Waals surface area contributed by atoms with Gasteiger partial charge in [-0.25, -0.2) is 0 Å². The van der Waals surface area contributed by atoms with Gasteiger partial charge in [0, 0.05) is 25.1 Å². The van der Waals surface area contributed by atoms with Gasteiger partial charge in [-0.2, -0.15) is 0 Å². The molecule has 4 unspecified atom stereocenters. The van der Waals surface area contributed by atoms with Crippen LogP contribution in [0.15, 0.2) is 0 Å². The van der Waals surface area contributed by atoms with E-state index >= 15 is 0 Å². The number of ether oxygens (including phenoxy) is 1. The Hall–Kier alpha value is -0.940. The van der Waals surface area contributed by atoms with Crippen LogP contribution in [0.4, 0.5) is 0 Å². The molecule has 20 heavy (non-hydrogen) atoms. The Morgan fingerprint density at radius 1 is 1.30 bits per heavy atom. The summed E-state index contributed by atoms with van der Waals surface area (Å²) in [6.45, 7) is 3.90. The van der Waals surface area contributed by atoms with E-state index in [1.54, 1.807) is 0 Å². The Morgan fingerprint density at radius 3 is 2.45 bits per heavy atom. The zero-order valence-corrected chi connectivity index (χ0v) is 12.1. The SMILES string of the molecule is CCC1CC2C(=O)N(CC(N)C3CCOC3)C(=O)C2C1. The summed E-state index contributed by atoms with van der Waals surface area (Å²) in [6.07, 6.45) is 3.75. The number of carbonyl (C=O) groups excluding carboxylic acids is 2. The standard InChI is InChI=1S/C15H24N2O3/c1-2-9-5-11-12(6-9)15(19)17(14(11)18)7-13(16)10-3-4-20-8-10/h9-13H,2-8,16H2,1H3. The average Bonchev–Trinajstić information content (AvgIpc) is 3.14. The van der Waals surface area contributed by atoms with Crippen LogP contribution < -0.4 is 5.73 Å². The molecular formula is C15H24N2O3. The highest BCUT2D eigenvalue weighted by Gasteiger charge is 2.52. The molecule has 1 aliphatic carbocycles. The molecule has 2 N–H and O–H groups in total. The van der Waals surface area contributed by atoms with Crippen molar-refractivity contribution < 1.29 is 14.3 Å². The maximum atomic E-state index is 12.4. The molecular weight excluding hydrogens is 256 g/mol. The smallest absolute Gasteiger partial charge is 0.233 e. The summed E-state index contributed by atoms with van der Waals surface area (Å²) in [7, 11) is 0. The van der Waals surface area contributed by atoms with Gasteiger partial charge in [0.05, 0.1) is 18.4 Å². The summed E-state index contributed by atoms with van der Waals surface area (Å²) >= 11 is 0. The van der Waals surface area contributed by atoms with Crippen molar-refractivity contribution in [3.05, 3.63) is 0 Å². The summed E-state index contributed by atoms with van der Waals surface area (Å²) in [4.78, 5) is 26.3. The largest absolute Gasteiger partial charge is 0.381 e. The third kappa shape index (κ3) is 2.27. The zero-order chi connectivity index (χ0) is 14.3. The van der Waals surface area contributed by atoms with Crippen molar-refractivity contribution in [2.45, 2.75) is 38.6 Å². The summed E-state index contributed by atoms with van der Waals surface area (Å²) in [5, 5.41) is 0. The fourth-order valence-corrected chi connectivity index (χ4v) is 3.96. The van der Waals surface area contributed by atoms with Gasteiger partial charge in [-0.05, 0) is 25.2 Å². The van der Waals surface area contributed by atoms with E-state index in [-0.39, 0.29) is 35.6 Å². The lowest BCUT2D eigenvalue weighted by molar-refractivity contribution is -0.141. The van der Waals surface area contributed by atoms with Crippen LogP contribution in [0.5, 0.6) is 0 Å². The van der Waals surface area contributed by atoms with E-state index in [1.165, 1.54) is 4.90 Å². The minimum Gasteiger partial charge on any atom is -0.381 e. The van der Waals surface area contributed by atoms with Crippen molar-refractivity contribution >= 4 is 11.8 Å². The van der Waals surface area contributed by atoms with Crippen molar-refractivity contribution in [1.29, 1.82) is 0 Å². The third-order valence-electron chi connectivity index (χ3n) is 5.37. The van der Waals surface area contributed by atoms with E-state index in [2.05, 4.69) is 6.92 Å².